The summed E-state index contributed by atoms with van der Waals surface area (Å²) in [5.74, 6) is 0.381. The molecule has 1 N–H and O–H groups in total. The van der Waals surface area contributed by atoms with Gasteiger partial charge in [0.05, 0.1) is 17.9 Å². The van der Waals surface area contributed by atoms with Crippen LogP contribution in [0.15, 0.2) is 72.8 Å². The van der Waals surface area contributed by atoms with Gasteiger partial charge in [0.25, 0.3) is 11.8 Å². The fourth-order valence-electron chi connectivity index (χ4n) is 5.38. The van der Waals surface area contributed by atoms with Crippen molar-refractivity contribution in [3.63, 3.8) is 0 Å². The summed E-state index contributed by atoms with van der Waals surface area (Å²) in [6.07, 6.45) is 1.54. The zero-order valence-electron chi connectivity index (χ0n) is 22.3. The second-order valence-electron chi connectivity index (χ2n) is 9.94. The van der Waals surface area contributed by atoms with Gasteiger partial charge in [-0.3, -0.25) is 9.59 Å². The number of rotatable bonds is 7. The molecule has 0 aliphatic carbocycles. The number of carbonyl (C=O) groups excluding carboxylic acids is 2. The molecule has 0 radical (unpaired) electrons. The predicted molar refractivity (Wildman–Crippen MR) is 151 cm³/mol. The molecule has 2 saturated heterocycles. The van der Waals surface area contributed by atoms with Crippen LogP contribution < -0.4 is 19.9 Å². The van der Waals surface area contributed by atoms with Crippen molar-refractivity contribution in [3.8, 4) is 5.75 Å². The van der Waals surface area contributed by atoms with E-state index in [2.05, 4.69) is 21.2 Å². The van der Waals surface area contributed by atoms with Gasteiger partial charge in [-0.2, -0.15) is 0 Å². The first-order valence-corrected chi connectivity index (χ1v) is 13.7. The molecule has 3 aromatic rings. The van der Waals surface area contributed by atoms with Gasteiger partial charge in [-0.1, -0.05) is 24.3 Å². The topological polar surface area (TPSA) is 65.1 Å². The molecule has 0 saturated carbocycles. The summed E-state index contributed by atoms with van der Waals surface area (Å²) in [4.78, 5) is 32.7. The minimum atomic E-state index is -0.359. The molecule has 7 nitrogen and oxygen atoms in total. The Kier molecular flexibility index (Phi) is 8.30. The number of carbonyl (C=O) groups is 2. The van der Waals surface area contributed by atoms with E-state index in [1.165, 1.54) is 24.3 Å². The summed E-state index contributed by atoms with van der Waals surface area (Å²) in [5.41, 5.74) is 3.18. The monoisotopic (exact) mass is 530 g/mol. The first-order valence-electron chi connectivity index (χ1n) is 13.7. The van der Waals surface area contributed by atoms with Crippen LogP contribution in [0.2, 0.25) is 0 Å². The minimum absolute atomic E-state index is 0.0364. The number of ether oxygens (including phenoxy) is 1. The SMILES string of the molecule is CCOc1ccccc1N1CCN(C(=O)c2ccccc2N2CCC(NC(=O)c3ccc(F)cc3)CC2)CC1. The van der Waals surface area contributed by atoms with Crippen LogP contribution in [0.1, 0.15) is 40.5 Å². The molecule has 8 heteroatoms. The molecule has 2 aliphatic rings. The lowest BCUT2D eigenvalue weighted by Crippen LogP contribution is -2.49. The van der Waals surface area contributed by atoms with E-state index in [4.69, 9.17) is 4.74 Å². The molecule has 3 aromatic carbocycles. The van der Waals surface area contributed by atoms with Crippen molar-refractivity contribution in [2.24, 2.45) is 0 Å². The van der Waals surface area contributed by atoms with Gasteiger partial charge in [-0.05, 0) is 68.3 Å². The van der Waals surface area contributed by atoms with Crippen molar-refractivity contribution in [1.29, 1.82) is 0 Å². The van der Waals surface area contributed by atoms with E-state index in [1.807, 2.05) is 54.3 Å². The normalized spacial score (nSPS) is 16.2. The highest BCUT2D eigenvalue weighted by atomic mass is 19.1. The van der Waals surface area contributed by atoms with Gasteiger partial charge in [0.15, 0.2) is 0 Å². The highest BCUT2D eigenvalue weighted by molar-refractivity contribution is 6.00. The average molecular weight is 531 g/mol. The molecule has 0 spiro atoms. The van der Waals surface area contributed by atoms with Gasteiger partial charge >= 0.3 is 0 Å². The smallest absolute Gasteiger partial charge is 0.256 e. The van der Waals surface area contributed by atoms with Crippen LogP contribution in [-0.4, -0.2) is 68.6 Å². The highest BCUT2D eigenvalue weighted by Gasteiger charge is 2.28. The van der Waals surface area contributed by atoms with E-state index < -0.39 is 0 Å². The van der Waals surface area contributed by atoms with Crippen molar-refractivity contribution in [1.82, 2.24) is 10.2 Å². The van der Waals surface area contributed by atoms with Crippen molar-refractivity contribution in [2.45, 2.75) is 25.8 Å². The molecule has 2 heterocycles. The Morgan fingerprint density at radius 3 is 2.13 bits per heavy atom. The second kappa shape index (κ2) is 12.2. The third-order valence-corrected chi connectivity index (χ3v) is 7.48. The van der Waals surface area contributed by atoms with Crippen LogP contribution in [0, 0.1) is 5.82 Å². The number of hydrogen-bond donors (Lipinski definition) is 1. The summed E-state index contributed by atoms with van der Waals surface area (Å²) in [6, 6.07) is 21.5. The molecule has 2 aliphatic heterocycles. The number of halogens is 1. The van der Waals surface area contributed by atoms with Gasteiger partial charge < -0.3 is 24.8 Å². The maximum atomic E-state index is 13.6. The van der Waals surface area contributed by atoms with Crippen molar-refractivity contribution in [2.75, 3.05) is 55.7 Å². The number of anilines is 2. The largest absolute Gasteiger partial charge is 0.492 e. The Balaban J connectivity index is 1.18. The number of amides is 2. The summed E-state index contributed by atoms with van der Waals surface area (Å²) in [6.45, 7) is 6.85. The van der Waals surface area contributed by atoms with Crippen LogP contribution in [0.5, 0.6) is 5.75 Å². The Hall–Kier alpha value is -4.07. The number of benzene rings is 3. The number of nitrogens with one attached hydrogen (secondary N) is 1. The lowest BCUT2D eigenvalue weighted by Gasteiger charge is -2.38. The predicted octanol–water partition coefficient (Wildman–Crippen LogP) is 4.59. The summed E-state index contributed by atoms with van der Waals surface area (Å²) >= 11 is 0. The fraction of sp³-hybridized carbons (Fsp3) is 0.355. The third kappa shape index (κ3) is 6.16. The molecular formula is C31H35FN4O3. The highest BCUT2D eigenvalue weighted by Crippen LogP contribution is 2.30. The molecule has 0 bridgehead atoms. The van der Waals surface area contributed by atoms with E-state index in [0.29, 0.717) is 25.3 Å². The number of para-hydroxylation sites is 3. The van der Waals surface area contributed by atoms with E-state index in [-0.39, 0.29) is 23.7 Å². The summed E-state index contributed by atoms with van der Waals surface area (Å²) in [7, 11) is 0. The van der Waals surface area contributed by atoms with Crippen molar-refractivity contribution in [3.05, 3.63) is 89.7 Å². The fourth-order valence-corrected chi connectivity index (χ4v) is 5.38. The van der Waals surface area contributed by atoms with E-state index in [1.54, 1.807) is 0 Å². The molecule has 0 unspecified atom stereocenters. The average Bonchev–Trinajstić information content (AvgIpc) is 2.98. The van der Waals surface area contributed by atoms with Gasteiger partial charge in [-0.15, -0.1) is 0 Å². The first-order chi connectivity index (χ1) is 19.0. The second-order valence-corrected chi connectivity index (χ2v) is 9.94. The van der Waals surface area contributed by atoms with Crippen LogP contribution in [-0.2, 0) is 0 Å². The Bertz CT molecular complexity index is 1280. The van der Waals surface area contributed by atoms with E-state index >= 15 is 0 Å². The zero-order chi connectivity index (χ0) is 27.2. The van der Waals surface area contributed by atoms with Crippen LogP contribution >= 0.6 is 0 Å². The van der Waals surface area contributed by atoms with Gasteiger partial charge in [-0.25, -0.2) is 4.39 Å². The van der Waals surface area contributed by atoms with Gasteiger partial charge in [0, 0.05) is 56.6 Å². The first kappa shape index (κ1) is 26.5. The Morgan fingerprint density at radius 1 is 0.821 bits per heavy atom. The summed E-state index contributed by atoms with van der Waals surface area (Å²) < 4.78 is 19.0. The molecular weight excluding hydrogens is 495 g/mol. The number of piperidine rings is 1. The standard InChI is InChI=1S/C31H35FN4O3/c1-2-39-29-10-6-5-9-28(29)35-19-21-36(22-20-35)31(38)26-7-3-4-8-27(26)34-17-15-25(16-18-34)33-30(37)23-11-13-24(32)14-12-23/h3-14,25H,2,15-22H2,1H3,(H,33,37). The summed E-state index contributed by atoms with van der Waals surface area (Å²) in [5, 5.41) is 3.07. The van der Waals surface area contributed by atoms with E-state index in [9.17, 15) is 14.0 Å². The zero-order valence-corrected chi connectivity index (χ0v) is 22.3. The molecule has 0 atom stereocenters. The Labute approximate surface area is 229 Å². The molecule has 2 amide bonds. The maximum Gasteiger partial charge on any atom is 0.256 e. The van der Waals surface area contributed by atoms with Gasteiger partial charge in [0.1, 0.15) is 11.6 Å². The van der Waals surface area contributed by atoms with Crippen LogP contribution in [0.25, 0.3) is 0 Å². The maximum absolute atomic E-state index is 13.6. The molecule has 5 rings (SSSR count). The molecule has 204 valence electrons. The number of nitrogens with zero attached hydrogens (tertiary/aromatic N) is 3. The third-order valence-electron chi connectivity index (χ3n) is 7.48. The lowest BCUT2D eigenvalue weighted by atomic mass is 10.0. The number of piperazine rings is 1. The molecule has 39 heavy (non-hydrogen) atoms. The Morgan fingerprint density at radius 2 is 1.44 bits per heavy atom. The lowest BCUT2D eigenvalue weighted by molar-refractivity contribution is 0.0747. The van der Waals surface area contributed by atoms with E-state index in [0.717, 1.165) is 61.7 Å². The molecule has 0 aromatic heterocycles. The van der Waals surface area contributed by atoms with Crippen LogP contribution in [0.4, 0.5) is 15.8 Å². The van der Waals surface area contributed by atoms with Gasteiger partial charge in [0.2, 0.25) is 0 Å². The molecule has 2 fully saturated rings. The minimum Gasteiger partial charge on any atom is -0.492 e. The van der Waals surface area contributed by atoms with Crippen molar-refractivity contribution >= 4 is 23.2 Å². The quantitative estimate of drug-likeness (QED) is 0.484. The van der Waals surface area contributed by atoms with Crippen LogP contribution in [0.3, 0.4) is 0 Å². The van der Waals surface area contributed by atoms with Crippen molar-refractivity contribution < 1.29 is 18.7 Å². The number of hydrogen-bond acceptors (Lipinski definition) is 5.